The molecule has 1 unspecified atom stereocenters. The molecule has 0 saturated heterocycles. The number of nitrogens with zero attached hydrogens (tertiary/aromatic N) is 2. The van der Waals surface area contributed by atoms with E-state index in [0.717, 1.165) is 11.4 Å². The number of nitrogens with two attached hydrogens (primary N) is 1. The lowest BCUT2D eigenvalue weighted by atomic mass is 10.3. The fourth-order valence-electron chi connectivity index (χ4n) is 0.963. The van der Waals surface area contributed by atoms with E-state index in [9.17, 15) is 0 Å². The van der Waals surface area contributed by atoms with Crippen LogP contribution in [-0.4, -0.2) is 32.8 Å². The second-order valence-electron chi connectivity index (χ2n) is 3.09. The number of amidine groups is 1. The summed E-state index contributed by atoms with van der Waals surface area (Å²) in [5.74, 6) is -0.0811. The van der Waals surface area contributed by atoms with Crippen LogP contribution in [0.4, 0.5) is 0 Å². The summed E-state index contributed by atoms with van der Waals surface area (Å²) in [6.45, 7) is 2.19. The van der Waals surface area contributed by atoms with Crippen molar-refractivity contribution in [3.8, 4) is 0 Å². The molecule has 5 nitrogen and oxygen atoms in total. The summed E-state index contributed by atoms with van der Waals surface area (Å²) in [4.78, 5) is 8.12. The zero-order valence-electron chi connectivity index (χ0n) is 8.47. The molecule has 4 N–H and O–H groups in total. The predicted molar refractivity (Wildman–Crippen MR) is 60.1 cm³/mol. The van der Waals surface area contributed by atoms with Crippen molar-refractivity contribution in [2.45, 2.75) is 23.6 Å². The van der Waals surface area contributed by atoms with Crippen molar-refractivity contribution in [3.63, 3.8) is 0 Å². The van der Waals surface area contributed by atoms with E-state index in [1.54, 1.807) is 18.0 Å². The smallest absolute Gasteiger partial charge is 0.143 e. The number of aliphatic hydroxyl groups excluding tert-OH is 1. The van der Waals surface area contributed by atoms with Crippen LogP contribution in [0, 0.1) is 5.41 Å². The number of aromatic nitrogens is 2. The number of nitrogen functional groups attached to an aromatic ring is 1. The molecule has 0 amide bonds. The molecule has 15 heavy (non-hydrogen) atoms. The first kappa shape index (κ1) is 11.9. The van der Waals surface area contributed by atoms with Gasteiger partial charge in [-0.1, -0.05) is 6.92 Å². The molecule has 0 fully saturated rings. The highest BCUT2D eigenvalue weighted by molar-refractivity contribution is 7.99. The first-order chi connectivity index (χ1) is 7.13. The average Bonchev–Trinajstić information content (AvgIpc) is 2.18. The molecular weight excluding hydrogens is 212 g/mol. The van der Waals surface area contributed by atoms with E-state index >= 15 is 0 Å². The third-order valence-electron chi connectivity index (χ3n) is 1.76. The van der Waals surface area contributed by atoms with Crippen LogP contribution in [0.1, 0.15) is 19.0 Å². The highest BCUT2D eigenvalue weighted by atomic mass is 32.2. The van der Waals surface area contributed by atoms with Gasteiger partial charge in [0.1, 0.15) is 16.6 Å². The van der Waals surface area contributed by atoms with E-state index in [1.807, 2.05) is 6.92 Å². The number of hydrogen-bond acceptors (Lipinski definition) is 5. The molecule has 1 aromatic rings. The van der Waals surface area contributed by atoms with E-state index in [4.69, 9.17) is 16.2 Å². The van der Waals surface area contributed by atoms with Gasteiger partial charge in [0.2, 0.25) is 0 Å². The maximum atomic E-state index is 8.74. The second kappa shape index (κ2) is 5.67. The molecule has 6 heteroatoms. The van der Waals surface area contributed by atoms with Crippen LogP contribution in [0.15, 0.2) is 17.4 Å². The highest BCUT2D eigenvalue weighted by Crippen LogP contribution is 2.21. The lowest BCUT2D eigenvalue weighted by Crippen LogP contribution is -2.13. The molecule has 0 radical (unpaired) electrons. The maximum absolute atomic E-state index is 8.74. The molecule has 1 atom stereocenters. The largest absolute Gasteiger partial charge is 0.396 e. The number of aliphatic hydroxyl groups is 1. The molecule has 0 aromatic carbocycles. The van der Waals surface area contributed by atoms with E-state index in [0.29, 0.717) is 10.9 Å². The summed E-state index contributed by atoms with van der Waals surface area (Å²) in [5.41, 5.74) is 5.64. The number of nitrogens with one attached hydrogen (secondary N) is 1. The van der Waals surface area contributed by atoms with Crippen molar-refractivity contribution in [1.29, 1.82) is 5.41 Å². The van der Waals surface area contributed by atoms with Crippen molar-refractivity contribution in [1.82, 2.24) is 9.97 Å². The molecule has 0 aliphatic carbocycles. The maximum Gasteiger partial charge on any atom is 0.143 e. The number of thioether (sulfide) groups is 1. The van der Waals surface area contributed by atoms with Crippen molar-refractivity contribution in [2.24, 2.45) is 5.73 Å². The third kappa shape index (κ3) is 3.85. The molecular formula is C9H14N4OS. The van der Waals surface area contributed by atoms with Gasteiger partial charge in [0, 0.05) is 11.9 Å². The van der Waals surface area contributed by atoms with Crippen molar-refractivity contribution in [2.75, 3.05) is 6.61 Å². The fraction of sp³-hybridized carbons (Fsp3) is 0.444. The Morgan fingerprint density at radius 1 is 1.60 bits per heavy atom. The summed E-state index contributed by atoms with van der Waals surface area (Å²) in [5, 5.41) is 17.0. The van der Waals surface area contributed by atoms with Gasteiger partial charge in [-0.15, -0.1) is 11.8 Å². The summed E-state index contributed by atoms with van der Waals surface area (Å²) >= 11 is 1.54. The fourth-order valence-corrected chi connectivity index (χ4v) is 1.83. The normalized spacial score (nSPS) is 12.4. The van der Waals surface area contributed by atoms with Gasteiger partial charge < -0.3 is 10.8 Å². The lowest BCUT2D eigenvalue weighted by Gasteiger charge is -2.07. The number of hydrogen-bond donors (Lipinski definition) is 3. The van der Waals surface area contributed by atoms with Crippen molar-refractivity contribution < 1.29 is 5.11 Å². The van der Waals surface area contributed by atoms with E-state index < -0.39 is 0 Å². The van der Waals surface area contributed by atoms with Gasteiger partial charge in [-0.3, -0.25) is 5.41 Å². The number of rotatable bonds is 5. The average molecular weight is 226 g/mol. The Bertz CT molecular complexity index is 327. The topological polar surface area (TPSA) is 95.9 Å². The van der Waals surface area contributed by atoms with Crippen LogP contribution >= 0.6 is 11.8 Å². The predicted octanol–water partition coefficient (Wildman–Crippen LogP) is 0.624. The molecule has 0 saturated carbocycles. The van der Waals surface area contributed by atoms with Crippen LogP contribution in [0.25, 0.3) is 0 Å². The molecule has 1 heterocycles. The highest BCUT2D eigenvalue weighted by Gasteiger charge is 2.06. The molecule has 0 spiro atoms. The lowest BCUT2D eigenvalue weighted by molar-refractivity contribution is 0.289. The summed E-state index contributed by atoms with van der Waals surface area (Å²) < 4.78 is 0. The minimum atomic E-state index is -0.0811. The van der Waals surface area contributed by atoms with Gasteiger partial charge in [-0.05, 0) is 6.42 Å². The Morgan fingerprint density at radius 2 is 2.33 bits per heavy atom. The molecule has 1 aromatic heterocycles. The Kier molecular flexibility index (Phi) is 4.51. The van der Waals surface area contributed by atoms with Gasteiger partial charge in [0.15, 0.2) is 0 Å². The van der Waals surface area contributed by atoms with Crippen LogP contribution in [0.2, 0.25) is 0 Å². The van der Waals surface area contributed by atoms with Crippen LogP contribution in [0.5, 0.6) is 0 Å². The summed E-state index contributed by atoms with van der Waals surface area (Å²) in [7, 11) is 0. The minimum absolute atomic E-state index is 0.0811. The Hall–Kier alpha value is -1.14. The third-order valence-corrected chi connectivity index (χ3v) is 2.85. The SMILES string of the molecule is CC(CCO)Sc1cnc(C(=N)N)cn1. The van der Waals surface area contributed by atoms with Crippen molar-refractivity contribution in [3.05, 3.63) is 18.1 Å². The monoisotopic (exact) mass is 226 g/mol. The van der Waals surface area contributed by atoms with Crippen LogP contribution < -0.4 is 5.73 Å². The summed E-state index contributed by atoms with van der Waals surface area (Å²) in [6, 6.07) is 0. The molecule has 82 valence electrons. The van der Waals surface area contributed by atoms with Gasteiger partial charge in [0.05, 0.1) is 12.4 Å². The standard InChI is InChI=1S/C9H14N4OS/c1-6(2-3-14)15-8-5-12-7(4-13-8)9(10)11/h4-6,14H,2-3H2,1H3,(H3,10,11). The molecule has 0 aliphatic rings. The Labute approximate surface area is 92.6 Å². The van der Waals surface area contributed by atoms with E-state index in [1.165, 1.54) is 6.20 Å². The Balaban J connectivity index is 2.60. The first-order valence-electron chi connectivity index (χ1n) is 4.57. The van der Waals surface area contributed by atoms with Crippen molar-refractivity contribution >= 4 is 17.6 Å². The molecule has 0 bridgehead atoms. The zero-order valence-corrected chi connectivity index (χ0v) is 9.29. The van der Waals surface area contributed by atoms with E-state index in [-0.39, 0.29) is 12.4 Å². The van der Waals surface area contributed by atoms with Gasteiger partial charge in [-0.25, -0.2) is 9.97 Å². The van der Waals surface area contributed by atoms with Gasteiger partial charge in [-0.2, -0.15) is 0 Å². The Morgan fingerprint density at radius 3 is 2.80 bits per heavy atom. The van der Waals surface area contributed by atoms with E-state index in [2.05, 4.69) is 9.97 Å². The molecule has 0 aliphatic heterocycles. The zero-order chi connectivity index (χ0) is 11.3. The second-order valence-corrected chi connectivity index (χ2v) is 4.55. The van der Waals surface area contributed by atoms with Crippen LogP contribution in [0.3, 0.4) is 0 Å². The first-order valence-corrected chi connectivity index (χ1v) is 5.45. The summed E-state index contributed by atoms with van der Waals surface area (Å²) in [6.07, 6.45) is 3.80. The molecule has 1 rings (SSSR count). The quantitative estimate of drug-likeness (QED) is 0.388. The van der Waals surface area contributed by atoms with Gasteiger partial charge in [0.25, 0.3) is 0 Å². The van der Waals surface area contributed by atoms with Gasteiger partial charge >= 0.3 is 0 Å². The van der Waals surface area contributed by atoms with Crippen LogP contribution in [-0.2, 0) is 0 Å². The minimum Gasteiger partial charge on any atom is -0.396 e.